The van der Waals surface area contributed by atoms with E-state index in [1.54, 1.807) is 12.1 Å². The normalized spacial score (nSPS) is 9.25. The fourth-order valence-corrected chi connectivity index (χ4v) is 0.758. The van der Waals surface area contributed by atoms with Crippen molar-refractivity contribution in [3.8, 4) is 11.8 Å². The fraction of sp³-hybridized carbons (Fsp3) is 0.125. The molecule has 0 bridgehead atoms. The molecule has 0 aliphatic heterocycles. The SMILES string of the molecule is N#Cc1ccccc1OC(F)F.N[SH](=O)=O. The molecule has 0 unspecified atom stereocenters. The molecular weight excluding hydrogens is 242 g/mol. The first-order valence-corrected chi connectivity index (χ1v) is 5.05. The number of nitriles is 1. The number of para-hydroxylation sites is 1. The summed E-state index contributed by atoms with van der Waals surface area (Å²) >= 11 is 0. The van der Waals surface area contributed by atoms with E-state index in [1.165, 1.54) is 18.2 Å². The average Bonchev–Trinajstić information content (AvgIpc) is 2.17. The molecule has 0 amide bonds. The van der Waals surface area contributed by atoms with E-state index in [-0.39, 0.29) is 11.3 Å². The third-order valence-electron chi connectivity index (χ3n) is 1.22. The van der Waals surface area contributed by atoms with Crippen LogP contribution < -0.4 is 9.88 Å². The van der Waals surface area contributed by atoms with E-state index in [0.29, 0.717) is 0 Å². The molecule has 2 N–H and O–H groups in total. The van der Waals surface area contributed by atoms with Gasteiger partial charge in [-0.15, -0.1) is 0 Å². The molecule has 5 nitrogen and oxygen atoms in total. The van der Waals surface area contributed by atoms with Crippen LogP contribution in [-0.4, -0.2) is 15.0 Å². The van der Waals surface area contributed by atoms with Gasteiger partial charge in [-0.1, -0.05) is 12.1 Å². The first-order chi connectivity index (χ1) is 7.47. The molecule has 0 saturated heterocycles. The average molecular weight is 250 g/mol. The Labute approximate surface area is 92.1 Å². The second-order valence-corrected chi connectivity index (χ2v) is 2.84. The Balaban J connectivity index is 0.000000487. The molecule has 1 aromatic carbocycles. The lowest BCUT2D eigenvalue weighted by Gasteiger charge is -2.04. The highest BCUT2D eigenvalue weighted by Crippen LogP contribution is 2.18. The molecule has 0 fully saturated rings. The number of nitrogens with two attached hydrogens (primary N) is 1. The smallest absolute Gasteiger partial charge is 0.387 e. The van der Waals surface area contributed by atoms with E-state index in [9.17, 15) is 8.78 Å². The third kappa shape index (κ3) is 6.69. The molecule has 0 saturated carbocycles. The Morgan fingerprint density at radius 2 is 1.88 bits per heavy atom. The van der Waals surface area contributed by atoms with Crippen LogP contribution in [0.2, 0.25) is 0 Å². The molecule has 8 heteroatoms. The van der Waals surface area contributed by atoms with Crippen molar-refractivity contribution < 1.29 is 21.9 Å². The fourth-order valence-electron chi connectivity index (χ4n) is 0.758. The monoisotopic (exact) mass is 250 g/mol. The Hall–Kier alpha value is -1.72. The second-order valence-electron chi connectivity index (χ2n) is 2.27. The Kier molecular flexibility index (Phi) is 6.74. The predicted molar refractivity (Wildman–Crippen MR) is 52.3 cm³/mol. The number of thiol groups is 1. The summed E-state index contributed by atoms with van der Waals surface area (Å²) in [5, 5.41) is 12.5. The minimum Gasteiger partial charge on any atom is -0.433 e. The Bertz CT molecular complexity index is 435. The summed E-state index contributed by atoms with van der Waals surface area (Å²) < 4.78 is 45.1. The van der Waals surface area contributed by atoms with E-state index >= 15 is 0 Å². The van der Waals surface area contributed by atoms with E-state index in [0.717, 1.165) is 0 Å². The summed E-state index contributed by atoms with van der Waals surface area (Å²) in [7, 11) is -2.62. The van der Waals surface area contributed by atoms with Gasteiger partial charge in [0, 0.05) is 0 Å². The zero-order chi connectivity index (χ0) is 12.6. The van der Waals surface area contributed by atoms with Crippen molar-refractivity contribution in [3.05, 3.63) is 29.8 Å². The van der Waals surface area contributed by atoms with Gasteiger partial charge in [-0.3, -0.25) is 0 Å². The van der Waals surface area contributed by atoms with Crippen LogP contribution in [0.5, 0.6) is 5.75 Å². The van der Waals surface area contributed by atoms with Crippen molar-refractivity contribution in [2.45, 2.75) is 6.61 Å². The highest BCUT2D eigenvalue weighted by Gasteiger charge is 2.07. The van der Waals surface area contributed by atoms with Crippen LogP contribution in [0.4, 0.5) is 8.78 Å². The van der Waals surface area contributed by atoms with Crippen LogP contribution in [-0.2, 0) is 10.9 Å². The van der Waals surface area contributed by atoms with E-state index < -0.39 is 17.5 Å². The molecule has 0 radical (unpaired) electrons. The molecule has 1 rings (SSSR count). The van der Waals surface area contributed by atoms with Gasteiger partial charge in [-0.25, -0.2) is 13.6 Å². The summed E-state index contributed by atoms with van der Waals surface area (Å²) in [6.45, 7) is -2.89. The number of ether oxygens (including phenoxy) is 1. The van der Waals surface area contributed by atoms with Gasteiger partial charge >= 0.3 is 6.61 Å². The molecule has 0 spiro atoms. The molecule has 0 atom stereocenters. The zero-order valence-electron chi connectivity index (χ0n) is 7.84. The van der Waals surface area contributed by atoms with Crippen molar-refractivity contribution in [1.29, 1.82) is 5.26 Å². The summed E-state index contributed by atoms with van der Waals surface area (Å²) in [5.74, 6) is -0.0880. The quantitative estimate of drug-likeness (QED) is 0.753. The summed E-state index contributed by atoms with van der Waals surface area (Å²) in [4.78, 5) is 0. The van der Waals surface area contributed by atoms with Gasteiger partial charge in [0.15, 0.2) is 10.9 Å². The van der Waals surface area contributed by atoms with E-state index in [1.807, 2.05) is 0 Å². The van der Waals surface area contributed by atoms with Gasteiger partial charge in [0.05, 0.1) is 5.56 Å². The maximum atomic E-state index is 11.7. The number of benzene rings is 1. The molecule has 16 heavy (non-hydrogen) atoms. The summed E-state index contributed by atoms with van der Waals surface area (Å²) in [6, 6.07) is 7.59. The second kappa shape index (κ2) is 7.56. The molecule has 1 aromatic rings. The first-order valence-electron chi connectivity index (χ1n) is 3.80. The largest absolute Gasteiger partial charge is 0.433 e. The molecule has 0 aliphatic carbocycles. The van der Waals surface area contributed by atoms with E-state index in [2.05, 4.69) is 9.88 Å². The van der Waals surface area contributed by atoms with Crippen LogP contribution in [0.1, 0.15) is 5.56 Å². The number of alkyl halides is 2. The number of hydrogen-bond donors (Lipinski definition) is 2. The molecule has 88 valence electrons. The lowest BCUT2D eigenvalue weighted by molar-refractivity contribution is -0.0500. The maximum Gasteiger partial charge on any atom is 0.387 e. The maximum absolute atomic E-state index is 11.7. The lowest BCUT2D eigenvalue weighted by atomic mass is 10.2. The Morgan fingerprint density at radius 3 is 2.31 bits per heavy atom. The molecule has 0 aliphatic rings. The standard InChI is InChI=1S/C8H5F2NO.H3NO2S/c9-8(10)12-7-4-2-1-3-6(7)5-11;1-4(2)3/h1-4,8H;4H,(H2,1,2,3). The van der Waals surface area contributed by atoms with Crippen molar-refractivity contribution in [1.82, 2.24) is 0 Å². The third-order valence-corrected chi connectivity index (χ3v) is 1.22. The van der Waals surface area contributed by atoms with Crippen LogP contribution >= 0.6 is 0 Å². The first kappa shape index (κ1) is 14.3. The number of hydrogen-bond acceptors (Lipinski definition) is 4. The van der Waals surface area contributed by atoms with Crippen molar-refractivity contribution >= 4 is 10.9 Å². The van der Waals surface area contributed by atoms with Gasteiger partial charge < -0.3 is 4.74 Å². The lowest BCUT2D eigenvalue weighted by Crippen LogP contribution is -2.03. The zero-order valence-corrected chi connectivity index (χ0v) is 8.73. The predicted octanol–water partition coefficient (Wildman–Crippen LogP) is 0.631. The van der Waals surface area contributed by atoms with Gasteiger partial charge in [0.2, 0.25) is 0 Å². The van der Waals surface area contributed by atoms with Crippen molar-refractivity contribution in [3.63, 3.8) is 0 Å². The van der Waals surface area contributed by atoms with Gasteiger partial charge in [-0.05, 0) is 12.1 Å². The topological polar surface area (TPSA) is 93.2 Å². The minimum atomic E-state index is -2.89. The number of nitrogens with zero attached hydrogens (tertiary/aromatic N) is 1. The molecular formula is C8H8F2N2O3S. The van der Waals surface area contributed by atoms with Crippen LogP contribution in [0.3, 0.4) is 0 Å². The minimum absolute atomic E-state index is 0.0880. The molecule has 0 aromatic heterocycles. The molecule has 0 heterocycles. The number of halogens is 2. The van der Waals surface area contributed by atoms with Crippen molar-refractivity contribution in [2.75, 3.05) is 0 Å². The van der Waals surface area contributed by atoms with Crippen LogP contribution in [0.25, 0.3) is 0 Å². The van der Waals surface area contributed by atoms with Crippen molar-refractivity contribution in [2.24, 2.45) is 5.14 Å². The highest BCUT2D eigenvalue weighted by molar-refractivity contribution is 7.69. The van der Waals surface area contributed by atoms with E-state index in [4.69, 9.17) is 13.7 Å². The Morgan fingerprint density at radius 1 is 1.38 bits per heavy atom. The number of rotatable bonds is 2. The highest BCUT2D eigenvalue weighted by atomic mass is 32.2. The summed E-state index contributed by atoms with van der Waals surface area (Å²) in [6.07, 6.45) is 0. The van der Waals surface area contributed by atoms with Gasteiger partial charge in [-0.2, -0.15) is 14.0 Å². The van der Waals surface area contributed by atoms with Crippen LogP contribution in [0.15, 0.2) is 24.3 Å². The summed E-state index contributed by atoms with van der Waals surface area (Å²) in [5.41, 5.74) is 0.109. The van der Waals surface area contributed by atoms with Gasteiger partial charge in [0.25, 0.3) is 0 Å². The van der Waals surface area contributed by atoms with Crippen LogP contribution in [0, 0.1) is 11.3 Å². The van der Waals surface area contributed by atoms with Gasteiger partial charge in [0.1, 0.15) is 11.8 Å².